The molecule has 4 nitrogen and oxygen atoms in total. The molecule has 0 spiro atoms. The predicted molar refractivity (Wildman–Crippen MR) is 75.0 cm³/mol. The Hall–Kier alpha value is -1.55. The quantitative estimate of drug-likeness (QED) is 0.782. The molecule has 0 radical (unpaired) electrons. The smallest absolute Gasteiger partial charge is 0.258 e. The lowest BCUT2D eigenvalue weighted by atomic mass is 10.1. The van der Waals surface area contributed by atoms with E-state index in [4.69, 9.17) is 10.5 Å². The fourth-order valence-corrected chi connectivity index (χ4v) is 2.20. The molecule has 0 saturated heterocycles. The van der Waals surface area contributed by atoms with Crippen molar-refractivity contribution in [2.24, 2.45) is 11.7 Å². The molecule has 1 saturated carbocycles. The van der Waals surface area contributed by atoms with Crippen LogP contribution in [0.15, 0.2) is 24.3 Å². The molecule has 19 heavy (non-hydrogen) atoms. The molecule has 0 heterocycles. The molecule has 104 valence electrons. The van der Waals surface area contributed by atoms with Crippen molar-refractivity contribution in [3.05, 3.63) is 29.8 Å². The van der Waals surface area contributed by atoms with Crippen LogP contribution in [0.25, 0.3) is 0 Å². The van der Waals surface area contributed by atoms with Crippen LogP contribution in [0.1, 0.15) is 25.3 Å². The van der Waals surface area contributed by atoms with Crippen LogP contribution in [0.4, 0.5) is 0 Å². The molecule has 0 aliphatic heterocycles. The second-order valence-electron chi connectivity index (χ2n) is 5.00. The number of rotatable bonds is 7. The summed E-state index contributed by atoms with van der Waals surface area (Å²) < 4.78 is 5.58. The van der Waals surface area contributed by atoms with Gasteiger partial charge in [0, 0.05) is 12.6 Å². The van der Waals surface area contributed by atoms with Gasteiger partial charge >= 0.3 is 0 Å². The van der Waals surface area contributed by atoms with Gasteiger partial charge in [0.2, 0.25) is 0 Å². The van der Waals surface area contributed by atoms with Crippen molar-refractivity contribution in [1.29, 1.82) is 0 Å². The number of nitrogens with two attached hydrogens (primary N) is 1. The molecule has 1 atom stereocenters. The lowest BCUT2D eigenvalue weighted by molar-refractivity contribution is -0.123. The number of ether oxygens (including phenoxy) is 1. The van der Waals surface area contributed by atoms with Crippen LogP contribution < -0.4 is 15.8 Å². The Morgan fingerprint density at radius 1 is 1.47 bits per heavy atom. The Morgan fingerprint density at radius 3 is 2.84 bits per heavy atom. The molecule has 1 aromatic carbocycles. The van der Waals surface area contributed by atoms with Crippen molar-refractivity contribution in [3.63, 3.8) is 0 Å². The standard InChI is InChI=1S/C15H22N2O2/c1-2-11-5-3-4-6-14(11)19-10-15(18)17-13(9-16)12-7-8-12/h3-6,12-13H,2,7-10,16H2,1H3,(H,17,18). The number of aryl methyl sites for hydroxylation is 1. The minimum Gasteiger partial charge on any atom is -0.483 e. The molecule has 1 unspecified atom stereocenters. The Labute approximate surface area is 114 Å². The molecule has 1 amide bonds. The number of hydrogen-bond donors (Lipinski definition) is 2. The Bertz CT molecular complexity index is 430. The first-order valence-electron chi connectivity index (χ1n) is 6.94. The van der Waals surface area contributed by atoms with E-state index in [1.54, 1.807) is 0 Å². The summed E-state index contributed by atoms with van der Waals surface area (Å²) in [6.07, 6.45) is 3.23. The fraction of sp³-hybridized carbons (Fsp3) is 0.533. The zero-order valence-electron chi connectivity index (χ0n) is 11.4. The van der Waals surface area contributed by atoms with Crippen molar-refractivity contribution in [2.45, 2.75) is 32.2 Å². The predicted octanol–water partition coefficient (Wildman–Crippen LogP) is 1.48. The number of amides is 1. The summed E-state index contributed by atoms with van der Waals surface area (Å²) in [4.78, 5) is 11.8. The summed E-state index contributed by atoms with van der Waals surface area (Å²) in [6, 6.07) is 7.91. The first-order chi connectivity index (χ1) is 9.24. The number of para-hydroxylation sites is 1. The summed E-state index contributed by atoms with van der Waals surface area (Å²) in [5, 5.41) is 2.95. The monoisotopic (exact) mass is 262 g/mol. The van der Waals surface area contributed by atoms with E-state index in [1.165, 1.54) is 12.8 Å². The third-order valence-corrected chi connectivity index (χ3v) is 3.50. The largest absolute Gasteiger partial charge is 0.483 e. The highest BCUT2D eigenvalue weighted by atomic mass is 16.5. The fourth-order valence-electron chi connectivity index (χ4n) is 2.20. The van der Waals surface area contributed by atoms with Gasteiger partial charge in [-0.15, -0.1) is 0 Å². The van der Waals surface area contributed by atoms with Gasteiger partial charge in [-0.3, -0.25) is 4.79 Å². The summed E-state index contributed by atoms with van der Waals surface area (Å²) >= 11 is 0. The van der Waals surface area contributed by atoms with Gasteiger partial charge in [-0.25, -0.2) is 0 Å². The van der Waals surface area contributed by atoms with E-state index in [0.29, 0.717) is 12.5 Å². The van der Waals surface area contributed by atoms with Gasteiger partial charge in [0.05, 0.1) is 0 Å². The molecular formula is C15H22N2O2. The second kappa shape index (κ2) is 6.57. The summed E-state index contributed by atoms with van der Waals surface area (Å²) in [6.45, 7) is 2.63. The minimum atomic E-state index is -0.0896. The van der Waals surface area contributed by atoms with Crippen LogP contribution in [0, 0.1) is 5.92 Å². The first-order valence-corrected chi connectivity index (χ1v) is 6.94. The zero-order valence-corrected chi connectivity index (χ0v) is 11.4. The van der Waals surface area contributed by atoms with E-state index in [0.717, 1.165) is 17.7 Å². The highest BCUT2D eigenvalue weighted by molar-refractivity contribution is 5.78. The van der Waals surface area contributed by atoms with Gasteiger partial charge in [-0.1, -0.05) is 25.1 Å². The third kappa shape index (κ3) is 3.96. The topological polar surface area (TPSA) is 64.3 Å². The van der Waals surface area contributed by atoms with Crippen molar-refractivity contribution in [1.82, 2.24) is 5.32 Å². The van der Waals surface area contributed by atoms with Crippen LogP contribution >= 0.6 is 0 Å². The van der Waals surface area contributed by atoms with Gasteiger partial charge in [-0.2, -0.15) is 0 Å². The van der Waals surface area contributed by atoms with Crippen LogP contribution in [-0.2, 0) is 11.2 Å². The SMILES string of the molecule is CCc1ccccc1OCC(=O)NC(CN)C1CC1. The van der Waals surface area contributed by atoms with Crippen molar-refractivity contribution >= 4 is 5.91 Å². The van der Waals surface area contributed by atoms with E-state index >= 15 is 0 Å². The summed E-state index contributed by atoms with van der Waals surface area (Å²) in [7, 11) is 0. The van der Waals surface area contributed by atoms with Crippen LogP contribution in [0.5, 0.6) is 5.75 Å². The molecule has 3 N–H and O–H groups in total. The van der Waals surface area contributed by atoms with Crippen LogP contribution in [0.2, 0.25) is 0 Å². The summed E-state index contributed by atoms with van der Waals surface area (Å²) in [5.41, 5.74) is 6.78. The highest BCUT2D eigenvalue weighted by Crippen LogP contribution is 2.32. The number of benzene rings is 1. The highest BCUT2D eigenvalue weighted by Gasteiger charge is 2.31. The van der Waals surface area contributed by atoms with Crippen LogP contribution in [0.3, 0.4) is 0 Å². The second-order valence-corrected chi connectivity index (χ2v) is 5.00. The number of carbonyl (C=O) groups is 1. The van der Waals surface area contributed by atoms with Gasteiger partial charge in [-0.05, 0) is 36.8 Å². The number of carbonyl (C=O) groups excluding carboxylic acids is 1. The van der Waals surface area contributed by atoms with Gasteiger partial charge in [0.15, 0.2) is 6.61 Å². The third-order valence-electron chi connectivity index (χ3n) is 3.50. The van der Waals surface area contributed by atoms with E-state index in [-0.39, 0.29) is 18.6 Å². The lowest BCUT2D eigenvalue weighted by Gasteiger charge is -2.16. The maximum atomic E-state index is 11.8. The van der Waals surface area contributed by atoms with Crippen LogP contribution in [-0.4, -0.2) is 25.1 Å². The van der Waals surface area contributed by atoms with Gasteiger partial charge in [0.25, 0.3) is 5.91 Å². The average molecular weight is 262 g/mol. The maximum Gasteiger partial charge on any atom is 0.258 e. The molecular weight excluding hydrogens is 240 g/mol. The summed E-state index contributed by atoms with van der Waals surface area (Å²) in [5.74, 6) is 1.26. The van der Waals surface area contributed by atoms with Gasteiger partial charge in [0.1, 0.15) is 5.75 Å². The zero-order chi connectivity index (χ0) is 13.7. The average Bonchev–Trinajstić information content (AvgIpc) is 3.27. The van der Waals surface area contributed by atoms with E-state index < -0.39 is 0 Å². The molecule has 2 rings (SSSR count). The molecule has 1 aromatic rings. The van der Waals surface area contributed by atoms with Gasteiger partial charge < -0.3 is 15.8 Å². The lowest BCUT2D eigenvalue weighted by Crippen LogP contribution is -2.43. The normalized spacial score (nSPS) is 15.9. The number of nitrogens with one attached hydrogen (secondary N) is 1. The molecule has 1 aliphatic carbocycles. The Balaban J connectivity index is 1.82. The Morgan fingerprint density at radius 2 is 2.21 bits per heavy atom. The van der Waals surface area contributed by atoms with E-state index in [2.05, 4.69) is 12.2 Å². The molecule has 4 heteroatoms. The Kier molecular flexibility index (Phi) is 4.80. The first kappa shape index (κ1) is 13.9. The maximum absolute atomic E-state index is 11.8. The molecule has 1 fully saturated rings. The van der Waals surface area contributed by atoms with Crippen molar-refractivity contribution < 1.29 is 9.53 Å². The van der Waals surface area contributed by atoms with E-state index in [1.807, 2.05) is 24.3 Å². The van der Waals surface area contributed by atoms with Crippen molar-refractivity contribution in [2.75, 3.05) is 13.2 Å². The number of hydrogen-bond acceptors (Lipinski definition) is 3. The van der Waals surface area contributed by atoms with Crippen molar-refractivity contribution in [3.8, 4) is 5.75 Å². The molecule has 0 aromatic heterocycles. The molecule has 0 bridgehead atoms. The minimum absolute atomic E-state index is 0.0558. The van der Waals surface area contributed by atoms with E-state index in [9.17, 15) is 4.79 Å². The molecule has 1 aliphatic rings.